The van der Waals surface area contributed by atoms with Gasteiger partial charge in [0.1, 0.15) is 17.2 Å². The van der Waals surface area contributed by atoms with Crippen molar-refractivity contribution in [2.45, 2.75) is 71.1 Å². The van der Waals surface area contributed by atoms with Crippen LogP contribution in [0.15, 0.2) is 72.8 Å². The van der Waals surface area contributed by atoms with E-state index in [0.717, 1.165) is 61.6 Å². The van der Waals surface area contributed by atoms with E-state index < -0.39 is 13.2 Å². The highest BCUT2D eigenvalue weighted by Gasteiger charge is 2.36. The Kier molecular flexibility index (Phi) is 11.3. The van der Waals surface area contributed by atoms with Crippen molar-refractivity contribution in [1.29, 1.82) is 0 Å². The lowest BCUT2D eigenvalue weighted by Gasteiger charge is -2.36. The first-order valence-electron chi connectivity index (χ1n) is 13.6. The zero-order valence-corrected chi connectivity index (χ0v) is 23.7. The molecule has 0 saturated heterocycles. The molecule has 6 nitrogen and oxygen atoms in total. The van der Waals surface area contributed by atoms with E-state index in [1.165, 1.54) is 0 Å². The third-order valence-corrected chi connectivity index (χ3v) is 8.12. The van der Waals surface area contributed by atoms with Gasteiger partial charge in [0, 0.05) is 5.41 Å². The number of phosphoric acid groups is 1. The lowest BCUT2D eigenvalue weighted by molar-refractivity contribution is 0.152. The molecule has 0 aromatic heterocycles. The highest BCUT2D eigenvalue weighted by Crippen LogP contribution is 2.51. The van der Waals surface area contributed by atoms with E-state index in [9.17, 15) is 14.8 Å². The molecule has 38 heavy (non-hydrogen) atoms. The average molecular weight is 541 g/mol. The second-order valence-electron chi connectivity index (χ2n) is 9.54. The number of unbranched alkanes of at least 4 members (excludes halogenated alkanes) is 3. The van der Waals surface area contributed by atoms with Crippen LogP contribution in [0.1, 0.15) is 82.4 Å². The van der Waals surface area contributed by atoms with Crippen LogP contribution < -0.4 is 4.52 Å². The summed E-state index contributed by atoms with van der Waals surface area (Å²) in [7, 11) is -3.76. The minimum Gasteiger partial charge on any atom is -0.508 e. The fraction of sp³-hybridized carbons (Fsp3) is 0.419. The van der Waals surface area contributed by atoms with Crippen molar-refractivity contribution in [3.8, 4) is 17.2 Å². The minimum absolute atomic E-state index is 0.203. The van der Waals surface area contributed by atoms with Crippen molar-refractivity contribution in [2.75, 3.05) is 13.2 Å². The molecule has 0 aliphatic heterocycles. The Balaban J connectivity index is 2.01. The highest BCUT2D eigenvalue weighted by molar-refractivity contribution is 7.48. The number of hydrogen-bond acceptors (Lipinski definition) is 6. The Hall–Kier alpha value is -2.79. The molecule has 0 atom stereocenters. The smallest absolute Gasteiger partial charge is 0.508 e. The molecule has 3 aromatic rings. The molecule has 3 rings (SSSR count). The third-order valence-electron chi connectivity index (χ3n) is 6.68. The van der Waals surface area contributed by atoms with Crippen LogP contribution >= 0.6 is 7.82 Å². The van der Waals surface area contributed by atoms with E-state index in [0.29, 0.717) is 19.0 Å². The van der Waals surface area contributed by atoms with E-state index in [4.69, 9.17) is 13.6 Å². The van der Waals surface area contributed by atoms with Crippen LogP contribution in [0.3, 0.4) is 0 Å². The molecule has 0 radical (unpaired) electrons. The molecule has 0 amide bonds. The molecule has 206 valence electrons. The van der Waals surface area contributed by atoms with Gasteiger partial charge in [-0.1, -0.05) is 82.9 Å². The van der Waals surface area contributed by atoms with Crippen LogP contribution in [0.5, 0.6) is 17.2 Å². The lowest BCUT2D eigenvalue weighted by Crippen LogP contribution is -2.29. The fourth-order valence-corrected chi connectivity index (χ4v) is 5.79. The van der Waals surface area contributed by atoms with Crippen molar-refractivity contribution < 1.29 is 28.3 Å². The Morgan fingerprint density at radius 1 is 0.632 bits per heavy atom. The van der Waals surface area contributed by atoms with E-state index in [-0.39, 0.29) is 11.5 Å². The van der Waals surface area contributed by atoms with Gasteiger partial charge >= 0.3 is 7.82 Å². The summed E-state index contributed by atoms with van der Waals surface area (Å²) in [6.07, 6.45) is 6.15. The topological polar surface area (TPSA) is 85.2 Å². The number of phenolic OH excluding ortho intramolecular Hbond substituents is 2. The van der Waals surface area contributed by atoms with Gasteiger partial charge in [0.2, 0.25) is 0 Å². The van der Waals surface area contributed by atoms with Gasteiger partial charge < -0.3 is 14.7 Å². The summed E-state index contributed by atoms with van der Waals surface area (Å²) in [5, 5.41) is 20.0. The average Bonchev–Trinajstić information content (AvgIpc) is 2.92. The predicted molar refractivity (Wildman–Crippen MR) is 152 cm³/mol. The van der Waals surface area contributed by atoms with Crippen LogP contribution in [0.2, 0.25) is 0 Å². The Labute approximate surface area is 227 Å². The second-order valence-corrected chi connectivity index (χ2v) is 11.1. The zero-order chi connectivity index (χ0) is 27.4. The molecule has 0 aliphatic rings. The van der Waals surface area contributed by atoms with Crippen molar-refractivity contribution >= 4 is 7.82 Å². The number of phenols is 2. The molecule has 0 bridgehead atoms. The predicted octanol–water partition coefficient (Wildman–Crippen LogP) is 8.74. The molecule has 0 fully saturated rings. The first-order chi connectivity index (χ1) is 18.4. The maximum absolute atomic E-state index is 13.3. The van der Waals surface area contributed by atoms with E-state index in [1.807, 2.05) is 50.2 Å². The third kappa shape index (κ3) is 7.63. The minimum atomic E-state index is -3.76. The van der Waals surface area contributed by atoms with Gasteiger partial charge in [-0.15, -0.1) is 0 Å². The summed E-state index contributed by atoms with van der Waals surface area (Å²) in [5.74, 6) is 0.815. The zero-order valence-electron chi connectivity index (χ0n) is 22.8. The first-order valence-corrected chi connectivity index (χ1v) is 15.1. The molecule has 3 aromatic carbocycles. The lowest BCUT2D eigenvalue weighted by atomic mass is 9.66. The maximum Gasteiger partial charge on any atom is 0.530 e. The molecular formula is C31H41O6P. The van der Waals surface area contributed by atoms with Crippen LogP contribution in [-0.2, 0) is 19.0 Å². The molecular weight excluding hydrogens is 499 g/mol. The summed E-state index contributed by atoms with van der Waals surface area (Å²) < 4.78 is 30.4. The quantitative estimate of drug-likeness (QED) is 0.107. The standard InChI is InChI=1S/C31H41O6P/c1-4-7-22-31(25-10-16-28(32)17-11-25,26-12-18-29(33)19-13-26)27-14-20-30(21-15-27)37-38(34,35-23-8-5-2)36-24-9-6-3/h10-21,32-33H,4-9,22-24H2,1-3H3. The monoisotopic (exact) mass is 540 g/mol. The number of hydrogen-bond donors (Lipinski definition) is 2. The van der Waals surface area contributed by atoms with Crippen molar-refractivity contribution in [3.05, 3.63) is 89.5 Å². The fourth-order valence-electron chi connectivity index (χ4n) is 4.53. The van der Waals surface area contributed by atoms with E-state index in [2.05, 4.69) is 6.92 Å². The van der Waals surface area contributed by atoms with Crippen LogP contribution in [-0.4, -0.2) is 23.4 Å². The van der Waals surface area contributed by atoms with E-state index in [1.54, 1.807) is 36.4 Å². The second kappa shape index (κ2) is 14.4. The molecule has 7 heteroatoms. The summed E-state index contributed by atoms with van der Waals surface area (Å²) in [5.41, 5.74) is 2.54. The largest absolute Gasteiger partial charge is 0.530 e. The summed E-state index contributed by atoms with van der Waals surface area (Å²) in [6.45, 7) is 6.85. The molecule has 0 unspecified atom stereocenters. The van der Waals surface area contributed by atoms with Crippen LogP contribution in [0.4, 0.5) is 0 Å². The van der Waals surface area contributed by atoms with Gasteiger partial charge in [-0.3, -0.25) is 9.05 Å². The number of benzene rings is 3. The summed E-state index contributed by atoms with van der Waals surface area (Å²) >= 11 is 0. The number of rotatable bonds is 16. The van der Waals surface area contributed by atoms with Gasteiger partial charge in [-0.2, -0.15) is 0 Å². The molecule has 0 saturated carbocycles. The van der Waals surface area contributed by atoms with E-state index >= 15 is 0 Å². The molecule has 0 heterocycles. The Morgan fingerprint density at radius 3 is 1.42 bits per heavy atom. The molecule has 2 N–H and O–H groups in total. The first kappa shape index (κ1) is 29.8. The van der Waals surface area contributed by atoms with Gasteiger partial charge in [0.05, 0.1) is 13.2 Å². The SMILES string of the molecule is CCCCOP(=O)(OCCCC)Oc1ccc(C(CCCC)(c2ccc(O)cc2)c2ccc(O)cc2)cc1. The maximum atomic E-state index is 13.3. The molecule has 0 aliphatic carbocycles. The number of aromatic hydroxyl groups is 2. The van der Waals surface area contributed by atoms with Gasteiger partial charge in [0.15, 0.2) is 0 Å². The summed E-state index contributed by atoms with van der Waals surface area (Å²) in [4.78, 5) is 0. The molecule has 0 spiro atoms. The van der Waals surface area contributed by atoms with Crippen LogP contribution in [0, 0.1) is 0 Å². The Morgan fingerprint density at radius 2 is 1.03 bits per heavy atom. The summed E-state index contributed by atoms with van der Waals surface area (Å²) in [6, 6.07) is 22.1. The van der Waals surface area contributed by atoms with Crippen molar-refractivity contribution in [3.63, 3.8) is 0 Å². The normalized spacial score (nSPS) is 12.0. The van der Waals surface area contributed by atoms with Gasteiger partial charge in [-0.05, 0) is 72.4 Å². The number of phosphoric ester groups is 1. The van der Waals surface area contributed by atoms with Gasteiger partial charge in [0.25, 0.3) is 0 Å². The highest BCUT2D eigenvalue weighted by atomic mass is 31.2. The van der Waals surface area contributed by atoms with Crippen molar-refractivity contribution in [1.82, 2.24) is 0 Å². The van der Waals surface area contributed by atoms with Gasteiger partial charge in [-0.25, -0.2) is 4.57 Å². The Bertz CT molecular complexity index is 1080. The van der Waals surface area contributed by atoms with Crippen LogP contribution in [0.25, 0.3) is 0 Å². The van der Waals surface area contributed by atoms with Crippen molar-refractivity contribution in [2.24, 2.45) is 0 Å².